The van der Waals surface area contributed by atoms with Crippen molar-refractivity contribution < 1.29 is 5.11 Å². The summed E-state index contributed by atoms with van der Waals surface area (Å²) in [5, 5.41) is 9.69. The number of phenolic OH excluding ortho intramolecular Hbond substituents is 1. The molecule has 16 heavy (non-hydrogen) atoms. The van der Waals surface area contributed by atoms with E-state index in [0.717, 1.165) is 24.4 Å². The van der Waals surface area contributed by atoms with Crippen molar-refractivity contribution in [2.45, 2.75) is 26.3 Å². The normalized spacial score (nSPS) is 10.6. The van der Waals surface area contributed by atoms with E-state index in [9.17, 15) is 5.11 Å². The summed E-state index contributed by atoms with van der Waals surface area (Å²) in [4.78, 5) is 4.32. The van der Waals surface area contributed by atoms with Gasteiger partial charge in [-0.3, -0.25) is 0 Å². The van der Waals surface area contributed by atoms with Gasteiger partial charge in [0.2, 0.25) is 0 Å². The second-order valence-corrected chi connectivity index (χ2v) is 3.84. The lowest BCUT2D eigenvalue weighted by atomic mass is 10.1. The van der Waals surface area contributed by atoms with Crippen molar-refractivity contribution in [3.63, 3.8) is 0 Å². The first kappa shape index (κ1) is 10.7. The van der Waals surface area contributed by atoms with Gasteiger partial charge in [-0.15, -0.1) is 0 Å². The second-order valence-electron chi connectivity index (χ2n) is 3.84. The van der Waals surface area contributed by atoms with Gasteiger partial charge in [0, 0.05) is 30.9 Å². The first-order valence-corrected chi connectivity index (χ1v) is 5.58. The monoisotopic (exact) mass is 216 g/mol. The first-order valence-electron chi connectivity index (χ1n) is 5.58. The number of imidazole rings is 1. The Hall–Kier alpha value is -1.77. The first-order chi connectivity index (χ1) is 7.81. The zero-order chi connectivity index (χ0) is 11.4. The van der Waals surface area contributed by atoms with Crippen LogP contribution in [-0.2, 0) is 13.0 Å². The summed E-state index contributed by atoms with van der Waals surface area (Å²) in [6.07, 6.45) is 5.56. The molecule has 0 aliphatic rings. The molecule has 2 rings (SSSR count). The van der Waals surface area contributed by atoms with Crippen molar-refractivity contribution >= 4 is 0 Å². The molecule has 0 unspecified atom stereocenters. The molecule has 3 heteroatoms. The number of hydrogen-bond donors (Lipinski definition) is 1. The van der Waals surface area contributed by atoms with Crippen LogP contribution in [0.2, 0.25) is 0 Å². The molecule has 1 heterocycles. The highest BCUT2D eigenvalue weighted by atomic mass is 16.3. The Labute approximate surface area is 95.4 Å². The fourth-order valence-electron chi connectivity index (χ4n) is 1.78. The lowest BCUT2D eigenvalue weighted by molar-refractivity contribution is 0.468. The fraction of sp³-hybridized carbons (Fsp3) is 0.308. The summed E-state index contributed by atoms with van der Waals surface area (Å²) in [5.74, 6) is 1.34. The van der Waals surface area contributed by atoms with Crippen LogP contribution in [-0.4, -0.2) is 14.7 Å². The Morgan fingerprint density at radius 3 is 2.88 bits per heavy atom. The molecule has 0 aliphatic heterocycles. The third kappa shape index (κ3) is 2.24. The van der Waals surface area contributed by atoms with Crippen LogP contribution >= 0.6 is 0 Å². The molecule has 0 fully saturated rings. The minimum atomic E-state index is 0.341. The number of benzene rings is 1. The van der Waals surface area contributed by atoms with Gasteiger partial charge in [0.25, 0.3) is 0 Å². The van der Waals surface area contributed by atoms with Crippen molar-refractivity contribution in [2.24, 2.45) is 0 Å². The molecule has 84 valence electrons. The topological polar surface area (TPSA) is 38.0 Å². The summed E-state index contributed by atoms with van der Waals surface area (Å²) in [6, 6.07) is 7.40. The van der Waals surface area contributed by atoms with Crippen LogP contribution in [0.25, 0.3) is 0 Å². The molecular weight excluding hydrogens is 200 g/mol. The van der Waals surface area contributed by atoms with E-state index in [-0.39, 0.29) is 0 Å². The second kappa shape index (κ2) is 4.84. The highest BCUT2D eigenvalue weighted by Gasteiger charge is 2.06. The molecule has 0 radical (unpaired) electrons. The summed E-state index contributed by atoms with van der Waals surface area (Å²) >= 11 is 0. The van der Waals surface area contributed by atoms with E-state index >= 15 is 0 Å². The number of aryl methyl sites for hydroxylation is 1. The van der Waals surface area contributed by atoms with Crippen molar-refractivity contribution in [1.29, 1.82) is 0 Å². The Morgan fingerprint density at radius 1 is 1.31 bits per heavy atom. The number of aromatic hydroxyl groups is 1. The van der Waals surface area contributed by atoms with Gasteiger partial charge in [0.15, 0.2) is 0 Å². The Balaban J connectivity index is 2.20. The van der Waals surface area contributed by atoms with Gasteiger partial charge in [-0.2, -0.15) is 0 Å². The van der Waals surface area contributed by atoms with E-state index in [1.807, 2.05) is 30.6 Å². The zero-order valence-electron chi connectivity index (χ0n) is 9.43. The number of aromatic nitrogens is 2. The number of rotatable bonds is 4. The van der Waals surface area contributed by atoms with Crippen molar-refractivity contribution in [1.82, 2.24) is 9.55 Å². The Kier molecular flexibility index (Phi) is 3.25. The summed E-state index contributed by atoms with van der Waals surface area (Å²) in [7, 11) is 0. The number of para-hydroxylation sites is 1. The lowest BCUT2D eigenvalue weighted by Gasteiger charge is -2.07. The molecule has 0 saturated carbocycles. The zero-order valence-corrected chi connectivity index (χ0v) is 9.43. The molecule has 0 atom stereocenters. The molecular formula is C13H16N2O. The van der Waals surface area contributed by atoms with E-state index < -0.39 is 0 Å². The Morgan fingerprint density at radius 2 is 2.12 bits per heavy atom. The maximum Gasteiger partial charge on any atom is 0.119 e. The van der Waals surface area contributed by atoms with Crippen molar-refractivity contribution in [3.8, 4) is 5.75 Å². The van der Waals surface area contributed by atoms with Crippen LogP contribution in [0.15, 0.2) is 36.7 Å². The maximum absolute atomic E-state index is 9.69. The van der Waals surface area contributed by atoms with Crippen LogP contribution < -0.4 is 0 Å². The molecule has 0 aliphatic carbocycles. The molecule has 2 aromatic rings. The maximum atomic E-state index is 9.69. The van der Waals surface area contributed by atoms with Gasteiger partial charge < -0.3 is 9.67 Å². The average Bonchev–Trinajstić information content (AvgIpc) is 2.70. The third-order valence-corrected chi connectivity index (χ3v) is 2.61. The van der Waals surface area contributed by atoms with Gasteiger partial charge in [-0.1, -0.05) is 25.1 Å². The number of nitrogens with zero attached hydrogens (tertiary/aromatic N) is 2. The van der Waals surface area contributed by atoms with E-state index in [1.54, 1.807) is 6.07 Å². The average molecular weight is 216 g/mol. The molecule has 0 bridgehead atoms. The van der Waals surface area contributed by atoms with Gasteiger partial charge in [0.1, 0.15) is 11.6 Å². The van der Waals surface area contributed by atoms with Crippen LogP contribution in [0, 0.1) is 0 Å². The van der Waals surface area contributed by atoms with Gasteiger partial charge >= 0.3 is 0 Å². The molecule has 0 saturated heterocycles. The molecule has 1 aromatic carbocycles. The minimum absolute atomic E-state index is 0.341. The molecule has 1 N–H and O–H groups in total. The quantitative estimate of drug-likeness (QED) is 0.853. The number of phenols is 1. The summed E-state index contributed by atoms with van der Waals surface area (Å²) in [6.45, 7) is 3.12. The van der Waals surface area contributed by atoms with Crippen LogP contribution in [0.1, 0.15) is 24.7 Å². The lowest BCUT2D eigenvalue weighted by Crippen LogP contribution is -2.03. The number of hydrogen-bond acceptors (Lipinski definition) is 2. The fourth-order valence-corrected chi connectivity index (χ4v) is 1.78. The van der Waals surface area contributed by atoms with E-state index in [2.05, 4.69) is 16.5 Å². The largest absolute Gasteiger partial charge is 0.508 e. The van der Waals surface area contributed by atoms with E-state index in [4.69, 9.17) is 0 Å². The van der Waals surface area contributed by atoms with Crippen molar-refractivity contribution in [2.75, 3.05) is 0 Å². The predicted octanol–water partition coefficient (Wildman–Crippen LogP) is 2.59. The van der Waals surface area contributed by atoms with E-state index in [1.165, 1.54) is 0 Å². The Bertz CT molecular complexity index is 462. The molecule has 0 amide bonds. The van der Waals surface area contributed by atoms with Crippen LogP contribution in [0.3, 0.4) is 0 Å². The predicted molar refractivity (Wildman–Crippen MR) is 63.4 cm³/mol. The van der Waals surface area contributed by atoms with Crippen molar-refractivity contribution in [3.05, 3.63) is 48.0 Å². The standard InChI is InChI=1S/C13H16N2O/c1-2-8-15-9-7-14-13(15)10-11-5-3-4-6-12(11)16/h3-7,9,16H,2,8,10H2,1H3. The minimum Gasteiger partial charge on any atom is -0.508 e. The van der Waals surface area contributed by atoms with Gasteiger partial charge in [-0.05, 0) is 12.5 Å². The molecule has 3 nitrogen and oxygen atoms in total. The van der Waals surface area contributed by atoms with Crippen LogP contribution in [0.4, 0.5) is 0 Å². The summed E-state index contributed by atoms with van der Waals surface area (Å²) < 4.78 is 2.13. The smallest absolute Gasteiger partial charge is 0.119 e. The third-order valence-electron chi connectivity index (χ3n) is 2.61. The van der Waals surface area contributed by atoms with Crippen LogP contribution in [0.5, 0.6) is 5.75 Å². The van der Waals surface area contributed by atoms with Gasteiger partial charge in [0.05, 0.1) is 0 Å². The molecule has 0 spiro atoms. The SMILES string of the molecule is CCCn1ccnc1Cc1ccccc1O. The van der Waals surface area contributed by atoms with E-state index in [0.29, 0.717) is 12.2 Å². The van der Waals surface area contributed by atoms with Gasteiger partial charge in [-0.25, -0.2) is 4.98 Å². The summed E-state index contributed by atoms with van der Waals surface area (Å²) in [5.41, 5.74) is 0.922. The molecule has 1 aromatic heterocycles. The highest BCUT2D eigenvalue weighted by molar-refractivity contribution is 5.33. The highest BCUT2D eigenvalue weighted by Crippen LogP contribution is 2.18.